The maximum absolute atomic E-state index is 11.9. The van der Waals surface area contributed by atoms with Gasteiger partial charge < -0.3 is 5.11 Å². The van der Waals surface area contributed by atoms with E-state index in [1.54, 1.807) is 24.3 Å². The number of hydrogen-bond donors (Lipinski definition) is 2. The van der Waals surface area contributed by atoms with Crippen LogP contribution in [0.25, 0.3) is 0 Å². The molecule has 0 heterocycles. The molecule has 1 fully saturated rings. The lowest BCUT2D eigenvalue weighted by Crippen LogP contribution is -2.27. The van der Waals surface area contributed by atoms with Crippen LogP contribution in [0.4, 0.5) is 0 Å². The highest BCUT2D eigenvalue weighted by Gasteiger charge is 2.33. The first-order valence-corrected chi connectivity index (χ1v) is 7.81. The summed E-state index contributed by atoms with van der Waals surface area (Å²) in [6.45, 7) is 2.60. The zero-order valence-corrected chi connectivity index (χ0v) is 11.3. The molecule has 100 valence electrons. The third-order valence-corrected chi connectivity index (χ3v) is 4.69. The average molecular weight is 269 g/mol. The Morgan fingerprint density at radius 2 is 2.06 bits per heavy atom. The minimum Gasteiger partial charge on any atom is -0.392 e. The minimum atomic E-state index is -3.27. The number of benzene rings is 1. The lowest BCUT2D eigenvalue weighted by atomic mass is 10.1. The molecule has 0 radical (unpaired) electrons. The van der Waals surface area contributed by atoms with Crippen molar-refractivity contribution in [3.8, 4) is 0 Å². The molecule has 0 spiro atoms. The second-order valence-electron chi connectivity index (χ2n) is 5.06. The van der Waals surface area contributed by atoms with Gasteiger partial charge in [0, 0.05) is 6.54 Å². The van der Waals surface area contributed by atoms with E-state index in [0.29, 0.717) is 23.9 Å². The van der Waals surface area contributed by atoms with Crippen molar-refractivity contribution >= 4 is 10.0 Å². The maximum atomic E-state index is 11.9. The summed E-state index contributed by atoms with van der Waals surface area (Å²) >= 11 is 0. The molecule has 0 aromatic heterocycles. The van der Waals surface area contributed by atoms with Crippen molar-refractivity contribution in [2.75, 3.05) is 6.54 Å². The van der Waals surface area contributed by atoms with E-state index < -0.39 is 10.0 Å². The summed E-state index contributed by atoms with van der Waals surface area (Å²) in [7, 11) is -3.27. The summed E-state index contributed by atoms with van der Waals surface area (Å²) in [5, 5.41) is 9.01. The minimum absolute atomic E-state index is 0.0259. The van der Waals surface area contributed by atoms with E-state index in [1.165, 1.54) is 0 Å². The highest BCUT2D eigenvalue weighted by molar-refractivity contribution is 7.88. The third-order valence-electron chi connectivity index (χ3n) is 3.37. The van der Waals surface area contributed by atoms with Gasteiger partial charge in [-0.3, -0.25) is 0 Å². The van der Waals surface area contributed by atoms with E-state index in [0.717, 1.165) is 12.0 Å². The summed E-state index contributed by atoms with van der Waals surface area (Å²) in [6, 6.07) is 7.02. The molecule has 2 N–H and O–H groups in total. The molecule has 4 nitrogen and oxygen atoms in total. The van der Waals surface area contributed by atoms with Gasteiger partial charge in [-0.05, 0) is 29.4 Å². The summed E-state index contributed by atoms with van der Waals surface area (Å²) in [6.07, 6.45) is 1.11. The first-order valence-electron chi connectivity index (χ1n) is 6.16. The molecule has 18 heavy (non-hydrogen) atoms. The van der Waals surface area contributed by atoms with Crippen LogP contribution in [0.2, 0.25) is 0 Å². The smallest absolute Gasteiger partial charge is 0.215 e. The SMILES string of the molecule is CC1CC1CNS(=O)(=O)Cc1cccc(CO)c1. The molecule has 1 aliphatic rings. The predicted molar refractivity (Wildman–Crippen MR) is 70.3 cm³/mol. The second kappa shape index (κ2) is 5.38. The van der Waals surface area contributed by atoms with Gasteiger partial charge in [0.1, 0.15) is 0 Å². The Balaban J connectivity index is 1.93. The van der Waals surface area contributed by atoms with E-state index >= 15 is 0 Å². The number of aliphatic hydroxyl groups excluding tert-OH is 1. The molecule has 2 unspecified atom stereocenters. The van der Waals surface area contributed by atoms with Crippen LogP contribution in [0.5, 0.6) is 0 Å². The van der Waals surface area contributed by atoms with E-state index in [9.17, 15) is 8.42 Å². The van der Waals surface area contributed by atoms with Gasteiger partial charge in [0.25, 0.3) is 0 Å². The molecule has 1 aromatic carbocycles. The fraction of sp³-hybridized carbons (Fsp3) is 0.538. The fourth-order valence-corrected chi connectivity index (χ4v) is 3.19. The Morgan fingerprint density at radius 3 is 2.67 bits per heavy atom. The van der Waals surface area contributed by atoms with Crippen molar-refractivity contribution in [1.29, 1.82) is 0 Å². The molecule has 1 aromatic rings. The van der Waals surface area contributed by atoms with Gasteiger partial charge in [-0.15, -0.1) is 0 Å². The summed E-state index contributed by atoms with van der Waals surface area (Å²) in [5.41, 5.74) is 1.44. The summed E-state index contributed by atoms with van der Waals surface area (Å²) in [5.74, 6) is 1.12. The van der Waals surface area contributed by atoms with Gasteiger partial charge in [-0.25, -0.2) is 13.1 Å². The summed E-state index contributed by atoms with van der Waals surface area (Å²) in [4.78, 5) is 0. The predicted octanol–water partition coefficient (Wildman–Crippen LogP) is 1.25. The van der Waals surface area contributed by atoms with Gasteiger partial charge in [0.2, 0.25) is 10.0 Å². The van der Waals surface area contributed by atoms with E-state index in [-0.39, 0.29) is 12.4 Å². The Morgan fingerprint density at radius 1 is 1.39 bits per heavy atom. The quantitative estimate of drug-likeness (QED) is 0.817. The average Bonchev–Trinajstić information content (AvgIpc) is 3.03. The van der Waals surface area contributed by atoms with E-state index in [4.69, 9.17) is 5.11 Å². The number of aliphatic hydroxyl groups is 1. The van der Waals surface area contributed by atoms with Crippen molar-refractivity contribution in [2.45, 2.75) is 25.7 Å². The maximum Gasteiger partial charge on any atom is 0.215 e. The normalized spacial score (nSPS) is 23.0. The standard InChI is InChI=1S/C13H19NO3S/c1-10-5-13(10)7-14-18(16,17)9-12-4-2-3-11(6-12)8-15/h2-4,6,10,13-15H,5,7-9H2,1H3. The molecule has 0 amide bonds. The van der Waals surface area contributed by atoms with Gasteiger partial charge in [-0.1, -0.05) is 31.2 Å². The van der Waals surface area contributed by atoms with Crippen molar-refractivity contribution in [1.82, 2.24) is 4.72 Å². The number of rotatable bonds is 6. The van der Waals surface area contributed by atoms with E-state index in [1.807, 2.05) is 0 Å². The van der Waals surface area contributed by atoms with Crippen molar-refractivity contribution in [3.63, 3.8) is 0 Å². The molecular weight excluding hydrogens is 250 g/mol. The van der Waals surface area contributed by atoms with E-state index in [2.05, 4.69) is 11.6 Å². The lowest BCUT2D eigenvalue weighted by molar-refractivity contribution is 0.282. The monoisotopic (exact) mass is 269 g/mol. The second-order valence-corrected chi connectivity index (χ2v) is 6.87. The Kier molecular flexibility index (Phi) is 4.04. The van der Waals surface area contributed by atoms with Gasteiger partial charge >= 0.3 is 0 Å². The lowest BCUT2D eigenvalue weighted by Gasteiger charge is -2.07. The van der Waals surface area contributed by atoms with Gasteiger partial charge in [0.05, 0.1) is 12.4 Å². The number of nitrogens with one attached hydrogen (secondary N) is 1. The molecule has 2 rings (SSSR count). The molecule has 0 aliphatic heterocycles. The molecule has 5 heteroatoms. The molecule has 0 saturated heterocycles. The zero-order valence-electron chi connectivity index (χ0n) is 10.5. The van der Waals surface area contributed by atoms with Crippen LogP contribution in [0.1, 0.15) is 24.5 Å². The molecule has 0 bridgehead atoms. The zero-order chi connectivity index (χ0) is 13.2. The molecule has 1 saturated carbocycles. The number of sulfonamides is 1. The first-order chi connectivity index (χ1) is 8.50. The summed E-state index contributed by atoms with van der Waals surface area (Å²) < 4.78 is 26.4. The topological polar surface area (TPSA) is 66.4 Å². The largest absolute Gasteiger partial charge is 0.392 e. The molecule has 1 aliphatic carbocycles. The van der Waals surface area contributed by atoms with Crippen LogP contribution in [0, 0.1) is 11.8 Å². The van der Waals surface area contributed by atoms with Crippen LogP contribution >= 0.6 is 0 Å². The molecule has 2 atom stereocenters. The third kappa shape index (κ3) is 3.80. The van der Waals surface area contributed by atoms with Crippen LogP contribution in [-0.2, 0) is 22.4 Å². The van der Waals surface area contributed by atoms with Gasteiger partial charge in [-0.2, -0.15) is 0 Å². The van der Waals surface area contributed by atoms with Crippen molar-refractivity contribution in [3.05, 3.63) is 35.4 Å². The van der Waals surface area contributed by atoms with Crippen LogP contribution in [-0.4, -0.2) is 20.1 Å². The van der Waals surface area contributed by atoms with Crippen LogP contribution < -0.4 is 4.72 Å². The Bertz CT molecular complexity index is 513. The Hall–Kier alpha value is -0.910. The molecular formula is C13H19NO3S. The Labute approximate surface area is 108 Å². The van der Waals surface area contributed by atoms with Crippen LogP contribution in [0.15, 0.2) is 24.3 Å². The number of hydrogen-bond acceptors (Lipinski definition) is 3. The first kappa shape index (κ1) is 13.5. The van der Waals surface area contributed by atoms with Gasteiger partial charge in [0.15, 0.2) is 0 Å². The highest BCUT2D eigenvalue weighted by atomic mass is 32.2. The highest BCUT2D eigenvalue weighted by Crippen LogP contribution is 2.36. The van der Waals surface area contributed by atoms with Crippen molar-refractivity contribution < 1.29 is 13.5 Å². The fourth-order valence-electron chi connectivity index (χ4n) is 2.01. The van der Waals surface area contributed by atoms with Crippen LogP contribution in [0.3, 0.4) is 0 Å². The van der Waals surface area contributed by atoms with Crippen molar-refractivity contribution in [2.24, 2.45) is 11.8 Å².